The Morgan fingerprint density at radius 2 is 1.04 bits per heavy atom. The molecule has 4 rings (SSSR count). The van der Waals surface area contributed by atoms with Crippen LogP contribution < -0.4 is 10.7 Å². The van der Waals surface area contributed by atoms with E-state index in [1.54, 1.807) is 0 Å². The Morgan fingerprint density at radius 3 is 1.41 bits per heavy atom. The van der Waals surface area contributed by atoms with Crippen molar-refractivity contribution in [2.75, 3.05) is 13.1 Å². The van der Waals surface area contributed by atoms with Crippen molar-refractivity contribution in [3.63, 3.8) is 0 Å². The summed E-state index contributed by atoms with van der Waals surface area (Å²) < 4.78 is 5.49. The molecule has 0 N–H and O–H groups in total. The molecule has 0 spiro atoms. The Kier molecular flexibility index (Phi) is 6.20. The van der Waals surface area contributed by atoms with E-state index in [9.17, 15) is 0 Å². The van der Waals surface area contributed by atoms with E-state index in [0.29, 0.717) is 0 Å². The first kappa shape index (κ1) is 19.0. The Hall–Kier alpha value is -1.30. The Bertz CT molecular complexity index is 781. The number of rotatable bonds is 4. The van der Waals surface area contributed by atoms with Crippen LogP contribution in [0.5, 0.6) is 0 Å². The maximum atomic E-state index is 6.00. The van der Waals surface area contributed by atoms with Crippen LogP contribution in [0.2, 0.25) is 0 Å². The van der Waals surface area contributed by atoms with Gasteiger partial charge in [0.2, 0.25) is 0 Å². The summed E-state index contributed by atoms with van der Waals surface area (Å²) in [6.45, 7) is 2.21. The first-order valence-corrected chi connectivity index (χ1v) is 18.5. The number of hydrogen-bond donors (Lipinski definition) is 0. The molecule has 136 valence electrons. The molecule has 1 heterocycles. The molecule has 0 saturated carbocycles. The monoisotopic (exact) mass is 497 g/mol. The summed E-state index contributed by atoms with van der Waals surface area (Å²) >= 11 is 2.68. The van der Waals surface area contributed by atoms with Crippen molar-refractivity contribution >= 4 is 53.2 Å². The van der Waals surface area contributed by atoms with Gasteiger partial charge in [0.25, 0.3) is 0 Å². The zero-order valence-electron chi connectivity index (χ0n) is 15.3. The van der Waals surface area contributed by atoms with Gasteiger partial charge in [-0.1, -0.05) is 0 Å². The topological polar surface area (TPSA) is 3.24 Å². The van der Waals surface area contributed by atoms with Crippen LogP contribution in [-0.2, 0) is 0 Å². The minimum atomic E-state index is -3.33. The van der Waals surface area contributed by atoms with Gasteiger partial charge in [-0.2, -0.15) is 0 Å². The molecular formula is C23H23NS2Sn. The molecule has 0 aromatic heterocycles. The van der Waals surface area contributed by atoms with E-state index < -0.39 is 17.0 Å². The SMILES string of the molecule is S=C([S][Sn]([c]1ccccc1)([c]1ccccc1)[c]1ccccc1)N1CCCC1. The third kappa shape index (κ3) is 3.96. The van der Waals surface area contributed by atoms with E-state index in [1.165, 1.54) is 23.6 Å². The van der Waals surface area contributed by atoms with Crippen LogP contribution in [0.1, 0.15) is 12.8 Å². The third-order valence-electron chi connectivity index (χ3n) is 5.15. The number of likely N-dealkylation sites (tertiary alicyclic amines) is 1. The second kappa shape index (κ2) is 8.80. The summed E-state index contributed by atoms with van der Waals surface area (Å²) in [4.78, 5) is 2.42. The average molecular weight is 496 g/mol. The fourth-order valence-electron chi connectivity index (χ4n) is 3.79. The second-order valence-electron chi connectivity index (χ2n) is 6.84. The van der Waals surface area contributed by atoms with Crippen LogP contribution in [-0.4, -0.2) is 39.3 Å². The number of nitrogens with zero attached hydrogens (tertiary/aromatic N) is 1. The van der Waals surface area contributed by atoms with E-state index in [-0.39, 0.29) is 0 Å². The molecule has 0 amide bonds. The van der Waals surface area contributed by atoms with Crippen LogP contribution in [0.15, 0.2) is 91.0 Å². The molecule has 1 nitrogen and oxygen atoms in total. The van der Waals surface area contributed by atoms with Gasteiger partial charge in [-0.25, -0.2) is 0 Å². The molecule has 27 heavy (non-hydrogen) atoms. The molecule has 3 aromatic rings. The first-order chi connectivity index (χ1) is 13.3. The molecule has 0 radical (unpaired) electrons. The van der Waals surface area contributed by atoms with Gasteiger partial charge in [0, 0.05) is 0 Å². The van der Waals surface area contributed by atoms with E-state index in [2.05, 4.69) is 95.9 Å². The Labute approximate surface area is 174 Å². The first-order valence-electron chi connectivity index (χ1n) is 9.45. The number of hydrogen-bond acceptors (Lipinski definition) is 2. The van der Waals surface area contributed by atoms with Crippen molar-refractivity contribution in [3.8, 4) is 0 Å². The molecule has 1 aliphatic heterocycles. The summed E-state index contributed by atoms with van der Waals surface area (Å²) in [5.41, 5.74) is 0. The maximum absolute atomic E-state index is 6.00. The van der Waals surface area contributed by atoms with Crippen molar-refractivity contribution in [1.29, 1.82) is 0 Å². The molecule has 0 atom stereocenters. The second-order valence-corrected chi connectivity index (χ2v) is 22.8. The van der Waals surface area contributed by atoms with Crippen molar-refractivity contribution in [3.05, 3.63) is 91.0 Å². The van der Waals surface area contributed by atoms with Crippen LogP contribution >= 0.6 is 21.2 Å². The van der Waals surface area contributed by atoms with Crippen LogP contribution in [0.3, 0.4) is 0 Å². The van der Waals surface area contributed by atoms with Crippen molar-refractivity contribution < 1.29 is 0 Å². The normalized spacial score (nSPS) is 14.3. The van der Waals surface area contributed by atoms with Gasteiger partial charge in [-0.3, -0.25) is 0 Å². The summed E-state index contributed by atoms with van der Waals surface area (Å²) in [7, 11) is 2.02. The summed E-state index contributed by atoms with van der Waals surface area (Å²) in [6, 6.07) is 33.3. The fourth-order valence-corrected chi connectivity index (χ4v) is 25.1. The minimum absolute atomic E-state index is 1.08. The molecule has 1 aliphatic rings. The number of benzene rings is 3. The summed E-state index contributed by atoms with van der Waals surface area (Å²) in [5, 5.41) is 0. The van der Waals surface area contributed by atoms with Crippen LogP contribution in [0.4, 0.5) is 0 Å². The van der Waals surface area contributed by atoms with E-state index in [0.717, 1.165) is 17.4 Å². The van der Waals surface area contributed by atoms with Gasteiger partial charge in [-0.15, -0.1) is 0 Å². The predicted octanol–water partition coefficient (Wildman–Crippen LogP) is 3.77. The molecule has 1 saturated heterocycles. The molecule has 4 heteroatoms. The van der Waals surface area contributed by atoms with Gasteiger partial charge < -0.3 is 0 Å². The quantitative estimate of drug-likeness (QED) is 0.400. The van der Waals surface area contributed by atoms with Gasteiger partial charge in [0.1, 0.15) is 0 Å². The van der Waals surface area contributed by atoms with Crippen molar-refractivity contribution in [2.24, 2.45) is 0 Å². The third-order valence-corrected chi connectivity index (χ3v) is 26.5. The van der Waals surface area contributed by atoms with Gasteiger partial charge >= 0.3 is 175 Å². The van der Waals surface area contributed by atoms with Gasteiger partial charge in [0.15, 0.2) is 0 Å². The van der Waals surface area contributed by atoms with Crippen LogP contribution in [0, 0.1) is 0 Å². The molecule has 0 bridgehead atoms. The Balaban J connectivity index is 1.90. The standard InChI is InChI=1S/3C6H5.C5H9NS2.Sn/c3*1-2-4-6-5-3-1;7-5(8)6-3-1-2-4-6;/h3*1-5H;1-4H2,(H,7,8);/q;;;;+1/p-1. The van der Waals surface area contributed by atoms with E-state index in [4.69, 9.17) is 12.2 Å². The zero-order valence-corrected chi connectivity index (χ0v) is 19.7. The van der Waals surface area contributed by atoms with Crippen LogP contribution in [0.25, 0.3) is 0 Å². The molecular weight excluding hydrogens is 473 g/mol. The summed E-state index contributed by atoms with van der Waals surface area (Å²) in [6.07, 6.45) is 2.51. The molecule has 1 fully saturated rings. The average Bonchev–Trinajstić information content (AvgIpc) is 3.29. The van der Waals surface area contributed by atoms with Crippen molar-refractivity contribution in [1.82, 2.24) is 4.90 Å². The molecule has 0 unspecified atom stereocenters. The molecule has 0 aliphatic carbocycles. The molecule has 3 aromatic carbocycles. The predicted molar refractivity (Wildman–Crippen MR) is 125 cm³/mol. The number of thiocarbonyl (C=S) groups is 1. The Morgan fingerprint density at radius 1 is 0.667 bits per heavy atom. The van der Waals surface area contributed by atoms with Gasteiger partial charge in [-0.05, 0) is 0 Å². The van der Waals surface area contributed by atoms with Crippen molar-refractivity contribution in [2.45, 2.75) is 12.8 Å². The van der Waals surface area contributed by atoms with E-state index in [1.807, 2.05) is 8.95 Å². The summed E-state index contributed by atoms with van der Waals surface area (Å²) in [5.74, 6) is 0. The fraction of sp³-hybridized carbons (Fsp3) is 0.174. The van der Waals surface area contributed by atoms with E-state index >= 15 is 0 Å². The van der Waals surface area contributed by atoms with Gasteiger partial charge in [0.05, 0.1) is 0 Å². The zero-order chi connectivity index (χ0) is 18.5.